The van der Waals surface area contributed by atoms with E-state index in [1.807, 2.05) is 0 Å². The average molecular weight is 171 g/mol. The number of hydrogen-bond acceptors (Lipinski definition) is 3. The lowest BCUT2D eigenvalue weighted by atomic mass is 9.87. The van der Waals surface area contributed by atoms with Crippen LogP contribution in [0.1, 0.15) is 32.6 Å². The van der Waals surface area contributed by atoms with E-state index >= 15 is 0 Å². The number of piperidine rings is 1. The third-order valence-corrected chi connectivity index (χ3v) is 2.56. The SMILES string of the molecule is CC(O)(CC=O)C1CCCCN1. The normalized spacial score (nSPS) is 29.3. The zero-order chi connectivity index (χ0) is 9.03. The minimum Gasteiger partial charge on any atom is -0.388 e. The zero-order valence-corrected chi connectivity index (χ0v) is 7.55. The van der Waals surface area contributed by atoms with Gasteiger partial charge in [-0.1, -0.05) is 6.42 Å². The van der Waals surface area contributed by atoms with Gasteiger partial charge in [0.25, 0.3) is 0 Å². The van der Waals surface area contributed by atoms with Crippen molar-refractivity contribution in [2.45, 2.75) is 44.2 Å². The molecule has 2 atom stereocenters. The van der Waals surface area contributed by atoms with Crippen LogP contribution >= 0.6 is 0 Å². The van der Waals surface area contributed by atoms with Crippen molar-refractivity contribution < 1.29 is 9.90 Å². The Balaban J connectivity index is 2.47. The summed E-state index contributed by atoms with van der Waals surface area (Å²) < 4.78 is 0. The minimum absolute atomic E-state index is 0.0939. The van der Waals surface area contributed by atoms with E-state index in [4.69, 9.17) is 0 Å². The van der Waals surface area contributed by atoms with Gasteiger partial charge in [0.1, 0.15) is 6.29 Å². The van der Waals surface area contributed by atoms with E-state index in [1.54, 1.807) is 6.92 Å². The fourth-order valence-electron chi connectivity index (χ4n) is 1.69. The van der Waals surface area contributed by atoms with Crippen LogP contribution in [0.5, 0.6) is 0 Å². The van der Waals surface area contributed by atoms with Crippen molar-refractivity contribution in [2.75, 3.05) is 6.54 Å². The van der Waals surface area contributed by atoms with Crippen molar-refractivity contribution >= 4 is 6.29 Å². The Morgan fingerprint density at radius 3 is 2.92 bits per heavy atom. The van der Waals surface area contributed by atoms with Crippen LogP contribution in [0, 0.1) is 0 Å². The van der Waals surface area contributed by atoms with Crippen LogP contribution in [0.2, 0.25) is 0 Å². The smallest absolute Gasteiger partial charge is 0.122 e. The minimum atomic E-state index is -0.859. The molecule has 1 heterocycles. The van der Waals surface area contributed by atoms with Gasteiger partial charge < -0.3 is 15.2 Å². The third kappa shape index (κ3) is 2.29. The van der Waals surface area contributed by atoms with Crippen LogP contribution in [0.25, 0.3) is 0 Å². The van der Waals surface area contributed by atoms with Crippen molar-refractivity contribution in [1.29, 1.82) is 0 Å². The summed E-state index contributed by atoms with van der Waals surface area (Å²) >= 11 is 0. The molecular formula is C9H17NO2. The van der Waals surface area contributed by atoms with Gasteiger partial charge in [-0.25, -0.2) is 0 Å². The number of carbonyl (C=O) groups excluding carboxylic acids is 1. The quantitative estimate of drug-likeness (QED) is 0.607. The molecule has 12 heavy (non-hydrogen) atoms. The van der Waals surface area contributed by atoms with Gasteiger partial charge in [-0.15, -0.1) is 0 Å². The largest absolute Gasteiger partial charge is 0.388 e. The number of carbonyl (C=O) groups is 1. The van der Waals surface area contributed by atoms with Gasteiger partial charge in [-0.05, 0) is 26.3 Å². The van der Waals surface area contributed by atoms with Gasteiger partial charge in [0, 0.05) is 12.5 Å². The lowest BCUT2D eigenvalue weighted by Gasteiger charge is -2.35. The van der Waals surface area contributed by atoms with Crippen LogP contribution in [0.15, 0.2) is 0 Å². The first-order valence-electron chi connectivity index (χ1n) is 4.56. The van der Waals surface area contributed by atoms with E-state index in [1.165, 1.54) is 6.42 Å². The summed E-state index contributed by atoms with van der Waals surface area (Å²) in [4.78, 5) is 10.3. The molecule has 1 rings (SSSR count). The van der Waals surface area contributed by atoms with Crippen molar-refractivity contribution in [1.82, 2.24) is 5.32 Å². The summed E-state index contributed by atoms with van der Waals surface area (Å²) in [7, 11) is 0. The molecule has 0 bridgehead atoms. The molecule has 3 nitrogen and oxygen atoms in total. The fourth-order valence-corrected chi connectivity index (χ4v) is 1.69. The van der Waals surface area contributed by atoms with Crippen LogP contribution in [-0.2, 0) is 4.79 Å². The molecule has 0 aromatic carbocycles. The molecule has 0 radical (unpaired) electrons. The molecule has 0 aromatic heterocycles. The molecule has 70 valence electrons. The van der Waals surface area contributed by atoms with Gasteiger partial charge in [-0.3, -0.25) is 0 Å². The van der Waals surface area contributed by atoms with Crippen LogP contribution in [0.4, 0.5) is 0 Å². The van der Waals surface area contributed by atoms with E-state index < -0.39 is 5.60 Å². The van der Waals surface area contributed by atoms with Crippen LogP contribution in [0.3, 0.4) is 0 Å². The van der Waals surface area contributed by atoms with Gasteiger partial charge in [0.15, 0.2) is 0 Å². The lowest BCUT2D eigenvalue weighted by molar-refractivity contribution is -0.113. The number of hydrogen-bond donors (Lipinski definition) is 2. The molecule has 3 heteroatoms. The number of nitrogens with one attached hydrogen (secondary N) is 1. The Bertz CT molecular complexity index is 151. The summed E-state index contributed by atoms with van der Waals surface area (Å²) in [5, 5.41) is 13.1. The maximum atomic E-state index is 10.3. The monoisotopic (exact) mass is 171 g/mol. The molecule has 0 spiro atoms. The summed E-state index contributed by atoms with van der Waals surface area (Å²) in [6.45, 7) is 2.68. The molecule has 0 saturated carbocycles. The highest BCUT2D eigenvalue weighted by molar-refractivity contribution is 5.51. The van der Waals surface area contributed by atoms with Crippen LogP contribution < -0.4 is 5.32 Å². The highest BCUT2D eigenvalue weighted by Gasteiger charge is 2.31. The maximum Gasteiger partial charge on any atom is 0.122 e. The van der Waals surface area contributed by atoms with E-state index in [-0.39, 0.29) is 12.5 Å². The fraction of sp³-hybridized carbons (Fsp3) is 0.889. The van der Waals surface area contributed by atoms with Gasteiger partial charge in [0.05, 0.1) is 5.60 Å². The molecular weight excluding hydrogens is 154 g/mol. The molecule has 1 aliphatic rings. The average Bonchev–Trinajstić information content (AvgIpc) is 2.06. The first-order valence-corrected chi connectivity index (χ1v) is 4.56. The summed E-state index contributed by atoms with van der Waals surface area (Å²) in [5.74, 6) is 0. The predicted octanol–water partition coefficient (Wildman–Crippen LogP) is 0.468. The van der Waals surface area contributed by atoms with Crippen molar-refractivity contribution in [3.63, 3.8) is 0 Å². The van der Waals surface area contributed by atoms with Gasteiger partial charge in [-0.2, -0.15) is 0 Å². The van der Waals surface area contributed by atoms with E-state index in [0.29, 0.717) is 0 Å². The van der Waals surface area contributed by atoms with Crippen molar-refractivity contribution in [3.8, 4) is 0 Å². The second-order valence-corrected chi connectivity index (χ2v) is 3.73. The maximum absolute atomic E-state index is 10.3. The zero-order valence-electron chi connectivity index (χ0n) is 7.55. The van der Waals surface area contributed by atoms with Gasteiger partial charge in [0.2, 0.25) is 0 Å². The molecule has 0 amide bonds. The molecule has 0 aromatic rings. The van der Waals surface area contributed by atoms with Crippen LogP contribution in [-0.4, -0.2) is 29.6 Å². The predicted molar refractivity (Wildman–Crippen MR) is 46.9 cm³/mol. The lowest BCUT2D eigenvalue weighted by Crippen LogP contribution is -2.51. The van der Waals surface area contributed by atoms with E-state index in [0.717, 1.165) is 25.7 Å². The number of rotatable bonds is 3. The topological polar surface area (TPSA) is 49.3 Å². The highest BCUT2D eigenvalue weighted by atomic mass is 16.3. The summed E-state index contributed by atoms with van der Waals surface area (Å²) in [6, 6.07) is 0.0939. The highest BCUT2D eigenvalue weighted by Crippen LogP contribution is 2.20. The second kappa shape index (κ2) is 4.01. The molecule has 1 aliphatic heterocycles. The third-order valence-electron chi connectivity index (χ3n) is 2.56. The van der Waals surface area contributed by atoms with Gasteiger partial charge >= 0.3 is 0 Å². The summed E-state index contributed by atoms with van der Waals surface area (Å²) in [5.41, 5.74) is -0.859. The Morgan fingerprint density at radius 2 is 2.42 bits per heavy atom. The second-order valence-electron chi connectivity index (χ2n) is 3.73. The summed E-state index contributed by atoms with van der Waals surface area (Å²) in [6.07, 6.45) is 4.31. The molecule has 1 saturated heterocycles. The molecule has 2 unspecified atom stereocenters. The van der Waals surface area contributed by atoms with E-state index in [9.17, 15) is 9.90 Å². The molecule has 0 aliphatic carbocycles. The Labute approximate surface area is 73.2 Å². The van der Waals surface area contributed by atoms with Crippen molar-refractivity contribution in [2.24, 2.45) is 0 Å². The Morgan fingerprint density at radius 1 is 1.67 bits per heavy atom. The first kappa shape index (κ1) is 9.68. The first-order chi connectivity index (χ1) is 5.67. The standard InChI is InChI=1S/C9H17NO2/c1-9(12,5-7-11)8-4-2-3-6-10-8/h7-8,10,12H,2-6H2,1H3. The molecule has 1 fully saturated rings. The number of aliphatic hydroxyl groups is 1. The van der Waals surface area contributed by atoms with Crippen molar-refractivity contribution in [3.05, 3.63) is 0 Å². The number of aldehydes is 1. The Hall–Kier alpha value is -0.410. The Kier molecular flexibility index (Phi) is 3.23. The molecule has 2 N–H and O–H groups in total. The van der Waals surface area contributed by atoms with E-state index in [2.05, 4.69) is 5.32 Å².